The van der Waals surface area contributed by atoms with Crippen LogP contribution in [0.5, 0.6) is 5.75 Å². The molecule has 0 aromatic heterocycles. The molecule has 1 saturated heterocycles. The molecular weight excluding hydrogens is 330 g/mol. The molecule has 2 rings (SSSR count). The van der Waals surface area contributed by atoms with Gasteiger partial charge in [-0.1, -0.05) is 26.0 Å². The lowest BCUT2D eigenvalue weighted by Crippen LogP contribution is -2.49. The minimum absolute atomic E-state index is 0.0353. The van der Waals surface area contributed by atoms with E-state index in [1.54, 1.807) is 7.11 Å². The van der Waals surface area contributed by atoms with Gasteiger partial charge in [-0.2, -0.15) is 0 Å². The minimum Gasteiger partial charge on any atom is -0.495 e. The number of amides is 2. The van der Waals surface area contributed by atoms with Crippen LogP contribution in [0.3, 0.4) is 0 Å². The van der Waals surface area contributed by atoms with Gasteiger partial charge in [-0.25, -0.2) is 0 Å². The van der Waals surface area contributed by atoms with Crippen molar-refractivity contribution < 1.29 is 14.3 Å². The van der Waals surface area contributed by atoms with Crippen LogP contribution in [0.1, 0.15) is 33.1 Å². The number of nitrogens with one attached hydrogen (secondary N) is 1. The van der Waals surface area contributed by atoms with Crippen LogP contribution in [0.15, 0.2) is 24.3 Å². The van der Waals surface area contributed by atoms with Crippen molar-refractivity contribution in [1.29, 1.82) is 0 Å². The van der Waals surface area contributed by atoms with Crippen LogP contribution in [0.25, 0.3) is 0 Å². The summed E-state index contributed by atoms with van der Waals surface area (Å²) in [6.07, 6.45) is 1.76. The molecule has 0 radical (unpaired) electrons. The molecule has 6 nitrogen and oxygen atoms in total. The third-order valence-electron chi connectivity index (χ3n) is 4.69. The third kappa shape index (κ3) is 5.64. The number of ether oxygens (including phenoxy) is 1. The van der Waals surface area contributed by atoms with E-state index in [-0.39, 0.29) is 17.7 Å². The van der Waals surface area contributed by atoms with E-state index in [1.165, 1.54) is 0 Å². The summed E-state index contributed by atoms with van der Waals surface area (Å²) < 4.78 is 5.43. The fourth-order valence-electron chi connectivity index (χ4n) is 3.24. The van der Waals surface area contributed by atoms with Crippen LogP contribution < -0.4 is 15.0 Å². The zero-order valence-corrected chi connectivity index (χ0v) is 16.2. The van der Waals surface area contributed by atoms with E-state index in [2.05, 4.69) is 10.2 Å². The summed E-state index contributed by atoms with van der Waals surface area (Å²) >= 11 is 0. The van der Waals surface area contributed by atoms with E-state index in [9.17, 15) is 9.59 Å². The van der Waals surface area contributed by atoms with E-state index in [4.69, 9.17) is 4.74 Å². The van der Waals surface area contributed by atoms with Crippen molar-refractivity contribution in [2.24, 2.45) is 5.92 Å². The number of anilines is 1. The Labute approximate surface area is 156 Å². The Morgan fingerprint density at radius 3 is 2.50 bits per heavy atom. The van der Waals surface area contributed by atoms with Gasteiger partial charge in [0.25, 0.3) is 0 Å². The molecular formula is C20H31N3O3. The van der Waals surface area contributed by atoms with Gasteiger partial charge in [0, 0.05) is 45.6 Å². The van der Waals surface area contributed by atoms with Gasteiger partial charge in [-0.3, -0.25) is 9.59 Å². The number of hydrogen-bond donors (Lipinski definition) is 1. The molecule has 144 valence electrons. The highest BCUT2D eigenvalue weighted by atomic mass is 16.5. The second-order valence-corrected chi connectivity index (χ2v) is 6.90. The monoisotopic (exact) mass is 361 g/mol. The maximum Gasteiger partial charge on any atom is 0.222 e. The molecule has 1 aliphatic heterocycles. The van der Waals surface area contributed by atoms with Crippen LogP contribution in [-0.2, 0) is 9.59 Å². The normalized spacial score (nSPS) is 15.5. The highest BCUT2D eigenvalue weighted by Crippen LogP contribution is 2.28. The number of benzene rings is 1. The Hall–Kier alpha value is -2.24. The maximum absolute atomic E-state index is 12.5. The summed E-state index contributed by atoms with van der Waals surface area (Å²) in [6, 6.07) is 7.96. The average molecular weight is 361 g/mol. The minimum atomic E-state index is 0.0353. The van der Waals surface area contributed by atoms with Crippen LogP contribution in [-0.4, -0.2) is 56.5 Å². The molecule has 0 saturated carbocycles. The smallest absolute Gasteiger partial charge is 0.222 e. The quantitative estimate of drug-likeness (QED) is 0.772. The summed E-state index contributed by atoms with van der Waals surface area (Å²) in [5.74, 6) is 1.10. The number of piperazine rings is 1. The predicted molar refractivity (Wildman–Crippen MR) is 103 cm³/mol. The summed E-state index contributed by atoms with van der Waals surface area (Å²) in [5, 5.41) is 2.87. The van der Waals surface area contributed by atoms with Crippen molar-refractivity contribution in [3.05, 3.63) is 24.3 Å². The molecule has 26 heavy (non-hydrogen) atoms. The number of carbonyl (C=O) groups is 2. The maximum atomic E-state index is 12.5. The topological polar surface area (TPSA) is 61.9 Å². The van der Waals surface area contributed by atoms with Crippen molar-refractivity contribution in [3.8, 4) is 5.75 Å². The van der Waals surface area contributed by atoms with Gasteiger partial charge in [-0.05, 0) is 24.5 Å². The molecule has 0 spiro atoms. The van der Waals surface area contributed by atoms with Gasteiger partial charge in [-0.15, -0.1) is 0 Å². The molecule has 1 heterocycles. The molecule has 0 bridgehead atoms. The van der Waals surface area contributed by atoms with Gasteiger partial charge in [0.15, 0.2) is 0 Å². The van der Waals surface area contributed by atoms with Gasteiger partial charge < -0.3 is 19.9 Å². The first-order valence-corrected chi connectivity index (χ1v) is 9.47. The molecule has 1 aromatic carbocycles. The van der Waals surface area contributed by atoms with E-state index < -0.39 is 0 Å². The molecule has 1 aromatic rings. The first-order chi connectivity index (χ1) is 12.5. The van der Waals surface area contributed by atoms with Gasteiger partial charge in [0.05, 0.1) is 12.8 Å². The highest BCUT2D eigenvalue weighted by molar-refractivity contribution is 5.79. The lowest BCUT2D eigenvalue weighted by molar-refractivity contribution is -0.132. The molecule has 1 aliphatic rings. The summed E-state index contributed by atoms with van der Waals surface area (Å²) in [7, 11) is 1.68. The Balaban J connectivity index is 1.80. The fourth-order valence-corrected chi connectivity index (χ4v) is 3.24. The van der Waals surface area contributed by atoms with Crippen molar-refractivity contribution >= 4 is 17.5 Å². The Kier molecular flexibility index (Phi) is 7.75. The second kappa shape index (κ2) is 10.0. The van der Waals surface area contributed by atoms with Gasteiger partial charge >= 0.3 is 0 Å². The van der Waals surface area contributed by atoms with Crippen molar-refractivity contribution in [3.63, 3.8) is 0 Å². The van der Waals surface area contributed by atoms with Crippen LogP contribution in [0.2, 0.25) is 0 Å². The number of para-hydroxylation sites is 2. The molecule has 0 unspecified atom stereocenters. The summed E-state index contributed by atoms with van der Waals surface area (Å²) in [4.78, 5) is 28.5. The molecule has 1 N–H and O–H groups in total. The standard InChI is InChI=1S/C20H31N3O3/c1-4-9-21-19(24)14-16(2)15-20(25)23-12-10-22(11-13-23)17-7-5-6-8-18(17)26-3/h5-8,16H,4,9-15H2,1-3H3,(H,21,24)/t16-/m0/s1. The third-order valence-corrected chi connectivity index (χ3v) is 4.69. The highest BCUT2D eigenvalue weighted by Gasteiger charge is 2.24. The zero-order chi connectivity index (χ0) is 18.9. The SMILES string of the molecule is CCCNC(=O)C[C@H](C)CC(=O)N1CCN(c2ccccc2OC)CC1. The van der Waals surface area contributed by atoms with Crippen LogP contribution in [0, 0.1) is 5.92 Å². The largest absolute Gasteiger partial charge is 0.495 e. The van der Waals surface area contributed by atoms with E-state index >= 15 is 0 Å². The summed E-state index contributed by atoms with van der Waals surface area (Å²) in [5.41, 5.74) is 1.07. The molecule has 1 atom stereocenters. The Morgan fingerprint density at radius 2 is 1.85 bits per heavy atom. The van der Waals surface area contributed by atoms with E-state index in [0.717, 1.165) is 30.9 Å². The molecule has 1 fully saturated rings. The zero-order valence-electron chi connectivity index (χ0n) is 16.2. The lowest BCUT2D eigenvalue weighted by atomic mass is 10.0. The number of carbonyl (C=O) groups excluding carboxylic acids is 2. The van der Waals surface area contributed by atoms with Crippen molar-refractivity contribution in [1.82, 2.24) is 10.2 Å². The molecule has 0 aliphatic carbocycles. The number of methoxy groups -OCH3 is 1. The lowest BCUT2D eigenvalue weighted by Gasteiger charge is -2.37. The van der Waals surface area contributed by atoms with Crippen LogP contribution in [0.4, 0.5) is 5.69 Å². The van der Waals surface area contributed by atoms with Gasteiger partial charge in [0.2, 0.25) is 11.8 Å². The van der Waals surface area contributed by atoms with E-state index in [1.807, 2.05) is 43.0 Å². The Bertz CT molecular complexity index is 598. The molecule has 6 heteroatoms. The second-order valence-electron chi connectivity index (χ2n) is 6.90. The number of rotatable bonds is 8. The van der Waals surface area contributed by atoms with Gasteiger partial charge in [0.1, 0.15) is 5.75 Å². The van der Waals surface area contributed by atoms with Crippen molar-refractivity contribution in [2.75, 3.05) is 44.7 Å². The fraction of sp³-hybridized carbons (Fsp3) is 0.600. The first-order valence-electron chi connectivity index (χ1n) is 9.47. The number of hydrogen-bond acceptors (Lipinski definition) is 4. The van der Waals surface area contributed by atoms with E-state index in [0.29, 0.717) is 32.5 Å². The first kappa shape index (κ1) is 20.1. The average Bonchev–Trinajstić information content (AvgIpc) is 2.66. The molecule has 2 amide bonds. The number of nitrogens with zero attached hydrogens (tertiary/aromatic N) is 2. The Morgan fingerprint density at radius 1 is 1.15 bits per heavy atom. The summed E-state index contributed by atoms with van der Waals surface area (Å²) in [6.45, 7) is 7.67. The van der Waals surface area contributed by atoms with Crippen molar-refractivity contribution in [2.45, 2.75) is 33.1 Å². The van der Waals surface area contributed by atoms with Crippen LogP contribution >= 0.6 is 0 Å². The predicted octanol–water partition coefficient (Wildman–Crippen LogP) is 2.29.